The monoisotopic (exact) mass is 367 g/mol. The van der Waals surface area contributed by atoms with Crippen LogP contribution >= 0.6 is 0 Å². The van der Waals surface area contributed by atoms with Gasteiger partial charge in [-0.15, -0.1) is 0 Å². The van der Waals surface area contributed by atoms with Crippen molar-refractivity contribution >= 4 is 5.91 Å². The number of rotatable bonds is 5. The molecule has 1 aliphatic heterocycles. The van der Waals surface area contributed by atoms with Crippen LogP contribution in [0.15, 0.2) is 36.8 Å². The lowest BCUT2D eigenvalue weighted by Crippen LogP contribution is -2.47. The third kappa shape index (κ3) is 4.56. The predicted octanol–water partition coefficient (Wildman–Crippen LogP) is 3.04. The minimum absolute atomic E-state index is 0.00920. The number of pyridine rings is 1. The number of piperidine rings is 1. The summed E-state index contributed by atoms with van der Waals surface area (Å²) in [6.07, 6.45) is 14.0. The molecule has 1 N–H and O–H groups in total. The molecule has 144 valence electrons. The second-order valence-electron chi connectivity index (χ2n) is 7.84. The fourth-order valence-electron chi connectivity index (χ4n) is 4.40. The van der Waals surface area contributed by atoms with Crippen molar-refractivity contribution in [1.29, 1.82) is 0 Å². The first kappa shape index (κ1) is 18.2. The Morgan fingerprint density at radius 3 is 2.70 bits per heavy atom. The summed E-state index contributed by atoms with van der Waals surface area (Å²) in [4.78, 5) is 19.7. The highest BCUT2D eigenvalue weighted by Gasteiger charge is 2.28. The zero-order valence-corrected chi connectivity index (χ0v) is 15.9. The van der Waals surface area contributed by atoms with Gasteiger partial charge >= 0.3 is 0 Å². The smallest absolute Gasteiger partial charge is 0.253 e. The topological polar surface area (TPSA) is 63.1 Å². The van der Waals surface area contributed by atoms with Gasteiger partial charge in [-0.3, -0.25) is 4.79 Å². The molecule has 0 radical (unpaired) electrons. The van der Waals surface area contributed by atoms with Gasteiger partial charge in [0.1, 0.15) is 0 Å². The molecule has 1 amide bonds. The van der Waals surface area contributed by atoms with Crippen LogP contribution in [0.2, 0.25) is 0 Å². The zero-order valence-electron chi connectivity index (χ0n) is 15.9. The average Bonchev–Trinajstić information content (AvgIpc) is 3.25. The first-order chi connectivity index (χ1) is 13.3. The van der Waals surface area contributed by atoms with Crippen LogP contribution in [0.25, 0.3) is 5.82 Å². The van der Waals surface area contributed by atoms with Gasteiger partial charge in [-0.1, -0.05) is 19.3 Å². The molecule has 1 aliphatic carbocycles. The lowest BCUT2D eigenvalue weighted by Gasteiger charge is -2.37. The molecule has 0 aromatic carbocycles. The van der Waals surface area contributed by atoms with Crippen molar-refractivity contribution in [1.82, 2.24) is 25.0 Å². The maximum Gasteiger partial charge on any atom is 0.253 e. The lowest BCUT2D eigenvalue weighted by atomic mass is 9.83. The van der Waals surface area contributed by atoms with Crippen molar-refractivity contribution in [2.75, 3.05) is 19.6 Å². The van der Waals surface area contributed by atoms with E-state index in [1.807, 2.05) is 24.4 Å². The lowest BCUT2D eigenvalue weighted by molar-refractivity contribution is 0.0877. The minimum Gasteiger partial charge on any atom is -0.349 e. The molecule has 2 atom stereocenters. The van der Waals surface area contributed by atoms with Crippen molar-refractivity contribution < 1.29 is 4.79 Å². The van der Waals surface area contributed by atoms with Crippen LogP contribution in [-0.2, 0) is 0 Å². The highest BCUT2D eigenvalue weighted by Crippen LogP contribution is 2.26. The predicted molar refractivity (Wildman–Crippen MR) is 105 cm³/mol. The molecule has 0 bridgehead atoms. The highest BCUT2D eigenvalue weighted by atomic mass is 16.1. The van der Waals surface area contributed by atoms with E-state index in [1.54, 1.807) is 17.1 Å². The van der Waals surface area contributed by atoms with Gasteiger partial charge in [-0.05, 0) is 62.9 Å². The van der Waals surface area contributed by atoms with Gasteiger partial charge in [-0.25, -0.2) is 9.67 Å². The minimum atomic E-state index is -0.00920. The summed E-state index contributed by atoms with van der Waals surface area (Å²) >= 11 is 0. The Kier molecular flexibility index (Phi) is 5.82. The van der Waals surface area contributed by atoms with Gasteiger partial charge in [-0.2, -0.15) is 5.10 Å². The van der Waals surface area contributed by atoms with Crippen LogP contribution in [-0.4, -0.2) is 51.2 Å². The van der Waals surface area contributed by atoms with Crippen LogP contribution < -0.4 is 5.32 Å². The van der Waals surface area contributed by atoms with E-state index in [4.69, 9.17) is 0 Å². The van der Waals surface area contributed by atoms with Gasteiger partial charge in [0.05, 0.1) is 5.56 Å². The van der Waals surface area contributed by atoms with E-state index in [-0.39, 0.29) is 11.9 Å². The first-order valence-corrected chi connectivity index (χ1v) is 10.3. The number of carbonyl (C=O) groups is 1. The number of carbonyl (C=O) groups excluding carboxylic acids is 1. The first-order valence-electron chi connectivity index (χ1n) is 10.3. The molecule has 3 heterocycles. The molecular formula is C21H29N5O. The summed E-state index contributed by atoms with van der Waals surface area (Å²) in [5, 5.41) is 7.47. The molecule has 2 fully saturated rings. The molecule has 2 aromatic rings. The number of nitrogens with zero attached hydrogens (tertiary/aromatic N) is 4. The van der Waals surface area contributed by atoms with Gasteiger partial charge < -0.3 is 10.2 Å². The van der Waals surface area contributed by atoms with E-state index < -0.39 is 0 Å². The maximum atomic E-state index is 12.8. The number of nitrogens with one attached hydrogen (secondary N) is 1. The quantitative estimate of drug-likeness (QED) is 0.882. The number of hydrogen-bond donors (Lipinski definition) is 1. The summed E-state index contributed by atoms with van der Waals surface area (Å²) < 4.78 is 1.69. The maximum absolute atomic E-state index is 12.8. The number of aromatic nitrogens is 3. The van der Waals surface area contributed by atoms with Gasteiger partial charge in [0.2, 0.25) is 0 Å². The van der Waals surface area contributed by atoms with E-state index in [1.165, 1.54) is 51.6 Å². The summed E-state index contributed by atoms with van der Waals surface area (Å²) in [5.74, 6) is 1.28. The van der Waals surface area contributed by atoms with Crippen molar-refractivity contribution in [3.63, 3.8) is 0 Å². The summed E-state index contributed by atoms with van der Waals surface area (Å²) in [5.41, 5.74) is 0.619. The summed E-state index contributed by atoms with van der Waals surface area (Å²) in [6, 6.07) is 5.81. The number of hydrogen-bond acceptors (Lipinski definition) is 4. The van der Waals surface area contributed by atoms with E-state index in [0.717, 1.165) is 18.8 Å². The van der Waals surface area contributed by atoms with Crippen LogP contribution in [0.3, 0.4) is 0 Å². The Hall–Kier alpha value is -2.21. The Morgan fingerprint density at radius 1 is 1.11 bits per heavy atom. The molecule has 1 saturated carbocycles. The largest absolute Gasteiger partial charge is 0.349 e. The average molecular weight is 367 g/mol. The molecule has 6 nitrogen and oxygen atoms in total. The summed E-state index contributed by atoms with van der Waals surface area (Å²) in [6.45, 7) is 3.56. The Morgan fingerprint density at radius 2 is 1.96 bits per heavy atom. The normalized spacial score (nSPS) is 23.9. The zero-order chi connectivity index (χ0) is 18.5. The standard InChI is InChI=1S/C21H29N5O/c27-21(17-9-10-20(22-15-17)26-14-6-11-23-26)24-19-8-3-2-7-18(19)16-25-12-4-1-5-13-25/h6,9-11,14-15,18-19H,1-5,7-8,12-13,16H2,(H,24,27)/t18-,19+/m0/s1. The van der Waals surface area contributed by atoms with Crippen LogP contribution in [0, 0.1) is 5.92 Å². The fourth-order valence-corrected chi connectivity index (χ4v) is 4.40. The molecule has 4 rings (SSSR count). The third-order valence-corrected chi connectivity index (χ3v) is 5.92. The van der Waals surface area contributed by atoms with E-state index in [0.29, 0.717) is 11.5 Å². The molecule has 27 heavy (non-hydrogen) atoms. The van der Waals surface area contributed by atoms with Crippen LogP contribution in [0.4, 0.5) is 0 Å². The summed E-state index contributed by atoms with van der Waals surface area (Å²) in [7, 11) is 0. The number of likely N-dealkylation sites (tertiary alicyclic amines) is 1. The Bertz CT molecular complexity index is 722. The van der Waals surface area contributed by atoms with E-state index >= 15 is 0 Å². The van der Waals surface area contributed by atoms with Crippen LogP contribution in [0.5, 0.6) is 0 Å². The third-order valence-electron chi connectivity index (χ3n) is 5.92. The second-order valence-corrected chi connectivity index (χ2v) is 7.84. The molecule has 0 spiro atoms. The van der Waals surface area contributed by atoms with E-state index in [2.05, 4.69) is 20.3 Å². The molecular weight excluding hydrogens is 338 g/mol. The van der Waals surface area contributed by atoms with Crippen molar-refractivity contribution in [3.8, 4) is 5.82 Å². The molecule has 0 unspecified atom stereocenters. The fraction of sp³-hybridized carbons (Fsp3) is 0.571. The molecule has 2 aromatic heterocycles. The molecule has 1 saturated heterocycles. The highest BCUT2D eigenvalue weighted by molar-refractivity contribution is 5.94. The van der Waals surface area contributed by atoms with Crippen LogP contribution in [0.1, 0.15) is 55.3 Å². The SMILES string of the molecule is O=C(N[C@@H]1CCCC[C@H]1CN1CCCCC1)c1ccc(-n2cccn2)nc1. The Balaban J connectivity index is 1.37. The second kappa shape index (κ2) is 8.65. The Labute approximate surface area is 161 Å². The number of amides is 1. The van der Waals surface area contributed by atoms with Gasteiger partial charge in [0.25, 0.3) is 5.91 Å². The molecule has 6 heteroatoms. The van der Waals surface area contributed by atoms with Gasteiger partial charge in [0, 0.05) is 31.2 Å². The molecule has 2 aliphatic rings. The van der Waals surface area contributed by atoms with Crippen molar-refractivity contribution in [2.24, 2.45) is 5.92 Å². The van der Waals surface area contributed by atoms with Crippen molar-refractivity contribution in [3.05, 3.63) is 42.4 Å². The van der Waals surface area contributed by atoms with E-state index in [9.17, 15) is 4.79 Å². The van der Waals surface area contributed by atoms with Crippen molar-refractivity contribution in [2.45, 2.75) is 51.0 Å². The van der Waals surface area contributed by atoms with Gasteiger partial charge in [0.15, 0.2) is 5.82 Å².